The fourth-order valence-electron chi connectivity index (χ4n) is 1.97. The van der Waals surface area contributed by atoms with Gasteiger partial charge >= 0.3 is 0 Å². The number of anilines is 1. The Bertz CT molecular complexity index is 540. The molecule has 102 valence electrons. The molecule has 4 nitrogen and oxygen atoms in total. The van der Waals surface area contributed by atoms with Crippen molar-refractivity contribution in [2.24, 2.45) is 0 Å². The number of aromatic nitrogens is 2. The van der Waals surface area contributed by atoms with Gasteiger partial charge in [-0.3, -0.25) is 0 Å². The second-order valence-electron chi connectivity index (χ2n) is 5.61. The number of para-hydroxylation sites is 1. The molecule has 0 saturated heterocycles. The van der Waals surface area contributed by atoms with Gasteiger partial charge < -0.3 is 9.84 Å². The van der Waals surface area contributed by atoms with Crippen LogP contribution in [-0.2, 0) is 18.4 Å². The number of nitrogens with one attached hydrogen (secondary N) is 1. The van der Waals surface area contributed by atoms with Crippen LogP contribution in [-0.4, -0.2) is 10.1 Å². The van der Waals surface area contributed by atoms with Crippen LogP contribution in [0, 0.1) is 0 Å². The predicted octanol–water partition coefficient (Wildman–Crippen LogP) is 3.54. The third-order valence-corrected chi connectivity index (χ3v) is 2.99. The van der Waals surface area contributed by atoms with Crippen molar-refractivity contribution in [1.82, 2.24) is 10.1 Å². The molecular formula is C15H21N3O. The van der Waals surface area contributed by atoms with Crippen molar-refractivity contribution < 1.29 is 4.52 Å². The lowest BCUT2D eigenvalue weighted by Gasteiger charge is -2.23. The molecule has 0 saturated carbocycles. The highest BCUT2D eigenvalue weighted by molar-refractivity contribution is 5.54. The van der Waals surface area contributed by atoms with Crippen LogP contribution in [0.5, 0.6) is 0 Å². The highest BCUT2D eigenvalue weighted by Gasteiger charge is 2.17. The van der Waals surface area contributed by atoms with E-state index in [-0.39, 0.29) is 5.41 Å². The Balaban J connectivity index is 2.11. The molecule has 0 radical (unpaired) electrons. The van der Waals surface area contributed by atoms with Crippen molar-refractivity contribution in [3.8, 4) is 0 Å². The highest BCUT2D eigenvalue weighted by atomic mass is 16.5. The minimum Gasteiger partial charge on any atom is -0.376 e. The van der Waals surface area contributed by atoms with Crippen molar-refractivity contribution in [1.29, 1.82) is 0 Å². The van der Waals surface area contributed by atoms with Crippen LogP contribution >= 0.6 is 0 Å². The van der Waals surface area contributed by atoms with E-state index in [0.29, 0.717) is 12.4 Å². The average Bonchev–Trinajstić information content (AvgIpc) is 2.83. The number of benzene rings is 1. The first-order valence-electron chi connectivity index (χ1n) is 6.65. The molecule has 0 aliphatic heterocycles. The lowest BCUT2D eigenvalue weighted by Crippen LogP contribution is -2.14. The molecule has 4 heteroatoms. The summed E-state index contributed by atoms with van der Waals surface area (Å²) in [5.41, 5.74) is 2.50. The number of hydrogen-bond donors (Lipinski definition) is 1. The molecule has 19 heavy (non-hydrogen) atoms. The summed E-state index contributed by atoms with van der Waals surface area (Å²) in [6, 6.07) is 8.32. The summed E-state index contributed by atoms with van der Waals surface area (Å²) in [6.07, 6.45) is 0.794. The van der Waals surface area contributed by atoms with Crippen LogP contribution in [0.3, 0.4) is 0 Å². The van der Waals surface area contributed by atoms with E-state index in [1.807, 2.05) is 13.0 Å². The maximum absolute atomic E-state index is 5.18. The fraction of sp³-hybridized carbons (Fsp3) is 0.467. The van der Waals surface area contributed by atoms with Crippen LogP contribution in [0.1, 0.15) is 45.0 Å². The van der Waals surface area contributed by atoms with Crippen LogP contribution in [0.25, 0.3) is 0 Å². The molecule has 0 atom stereocenters. The maximum Gasteiger partial charge on any atom is 0.245 e. The monoisotopic (exact) mass is 259 g/mol. The van der Waals surface area contributed by atoms with Crippen molar-refractivity contribution in [2.45, 2.75) is 46.1 Å². The van der Waals surface area contributed by atoms with Gasteiger partial charge in [-0.2, -0.15) is 4.98 Å². The molecule has 0 fully saturated rings. The normalized spacial score (nSPS) is 11.6. The minimum absolute atomic E-state index is 0.104. The standard InChI is InChI=1S/C15H21N3O/c1-5-13-17-14(19-18-13)10-16-12-9-7-6-8-11(12)15(2,3)4/h6-9,16H,5,10H2,1-4H3. The van der Waals surface area contributed by atoms with Gasteiger partial charge in [0.05, 0.1) is 6.54 Å². The number of nitrogens with zero attached hydrogens (tertiary/aromatic N) is 2. The molecule has 1 aromatic heterocycles. The molecule has 1 aromatic carbocycles. The maximum atomic E-state index is 5.18. The summed E-state index contributed by atoms with van der Waals surface area (Å²) >= 11 is 0. The second kappa shape index (κ2) is 5.43. The fourth-order valence-corrected chi connectivity index (χ4v) is 1.97. The first kappa shape index (κ1) is 13.6. The summed E-state index contributed by atoms with van der Waals surface area (Å²) in [6.45, 7) is 9.18. The van der Waals surface area contributed by atoms with Gasteiger partial charge in [0.2, 0.25) is 5.89 Å². The van der Waals surface area contributed by atoms with Gasteiger partial charge in [-0.15, -0.1) is 0 Å². The first-order chi connectivity index (χ1) is 9.00. The van der Waals surface area contributed by atoms with E-state index >= 15 is 0 Å². The van der Waals surface area contributed by atoms with E-state index in [2.05, 4.69) is 54.4 Å². The van der Waals surface area contributed by atoms with Crippen LogP contribution in [0.4, 0.5) is 5.69 Å². The van der Waals surface area contributed by atoms with Crippen LogP contribution < -0.4 is 5.32 Å². The summed E-state index contributed by atoms with van der Waals surface area (Å²) in [7, 11) is 0. The molecule has 0 bridgehead atoms. The molecule has 0 amide bonds. The molecule has 0 aliphatic carbocycles. The molecule has 2 rings (SSSR count). The van der Waals surface area contributed by atoms with Crippen molar-refractivity contribution >= 4 is 5.69 Å². The lowest BCUT2D eigenvalue weighted by atomic mass is 9.86. The molecule has 0 aliphatic rings. The highest BCUT2D eigenvalue weighted by Crippen LogP contribution is 2.29. The number of rotatable bonds is 4. The Morgan fingerprint density at radius 1 is 1.21 bits per heavy atom. The average molecular weight is 259 g/mol. The van der Waals surface area contributed by atoms with E-state index in [4.69, 9.17) is 4.52 Å². The first-order valence-corrected chi connectivity index (χ1v) is 6.65. The van der Waals surface area contributed by atoms with Gasteiger partial charge in [0.15, 0.2) is 5.82 Å². The summed E-state index contributed by atoms with van der Waals surface area (Å²) in [5.74, 6) is 1.38. The zero-order valence-electron chi connectivity index (χ0n) is 12.0. The zero-order chi connectivity index (χ0) is 13.9. The molecule has 1 heterocycles. The van der Waals surface area contributed by atoms with Crippen LogP contribution in [0.2, 0.25) is 0 Å². The number of hydrogen-bond acceptors (Lipinski definition) is 4. The lowest BCUT2D eigenvalue weighted by molar-refractivity contribution is 0.378. The van der Waals surface area contributed by atoms with Gasteiger partial charge in [0, 0.05) is 12.1 Å². The molecule has 2 aromatic rings. The van der Waals surface area contributed by atoms with Crippen molar-refractivity contribution in [2.75, 3.05) is 5.32 Å². The van der Waals surface area contributed by atoms with Crippen molar-refractivity contribution in [3.05, 3.63) is 41.5 Å². The van der Waals surface area contributed by atoms with Gasteiger partial charge in [-0.05, 0) is 17.0 Å². The molecule has 1 N–H and O–H groups in total. The van der Waals surface area contributed by atoms with Gasteiger partial charge in [0.25, 0.3) is 0 Å². The largest absolute Gasteiger partial charge is 0.376 e. The Kier molecular flexibility index (Phi) is 3.88. The van der Waals surface area contributed by atoms with Gasteiger partial charge in [0.1, 0.15) is 0 Å². The van der Waals surface area contributed by atoms with E-state index in [1.165, 1.54) is 5.56 Å². The Morgan fingerprint density at radius 3 is 2.58 bits per heavy atom. The molecular weight excluding hydrogens is 238 g/mol. The minimum atomic E-state index is 0.104. The second-order valence-corrected chi connectivity index (χ2v) is 5.61. The van der Waals surface area contributed by atoms with Crippen molar-refractivity contribution in [3.63, 3.8) is 0 Å². The molecule has 0 spiro atoms. The smallest absolute Gasteiger partial charge is 0.245 e. The summed E-state index contributed by atoms with van der Waals surface area (Å²) in [4.78, 5) is 4.30. The Labute approximate surface area is 114 Å². The quantitative estimate of drug-likeness (QED) is 0.912. The van der Waals surface area contributed by atoms with E-state index in [9.17, 15) is 0 Å². The molecule has 0 unspecified atom stereocenters. The van der Waals surface area contributed by atoms with E-state index in [1.54, 1.807) is 0 Å². The zero-order valence-corrected chi connectivity index (χ0v) is 12.0. The third kappa shape index (κ3) is 3.34. The van der Waals surface area contributed by atoms with E-state index < -0.39 is 0 Å². The van der Waals surface area contributed by atoms with Gasteiger partial charge in [-0.25, -0.2) is 0 Å². The summed E-state index contributed by atoms with van der Waals surface area (Å²) < 4.78 is 5.18. The topological polar surface area (TPSA) is 51.0 Å². The number of aryl methyl sites for hydroxylation is 1. The SMILES string of the molecule is CCc1noc(CNc2ccccc2C(C)(C)C)n1. The Morgan fingerprint density at radius 2 is 1.95 bits per heavy atom. The third-order valence-electron chi connectivity index (χ3n) is 2.99. The predicted molar refractivity (Wildman–Crippen MR) is 76.1 cm³/mol. The van der Waals surface area contributed by atoms with Gasteiger partial charge in [-0.1, -0.05) is 51.1 Å². The summed E-state index contributed by atoms with van der Waals surface area (Å²) in [5, 5.41) is 7.27. The van der Waals surface area contributed by atoms with E-state index in [0.717, 1.165) is 17.9 Å². The Hall–Kier alpha value is -1.84. The van der Waals surface area contributed by atoms with Crippen LogP contribution in [0.15, 0.2) is 28.8 Å².